The Morgan fingerprint density at radius 3 is 2.20 bits per heavy atom. The fraction of sp³-hybridized carbons (Fsp3) is 0.217. The van der Waals surface area contributed by atoms with Gasteiger partial charge in [0, 0.05) is 5.02 Å². The van der Waals surface area contributed by atoms with Gasteiger partial charge in [-0.05, 0) is 59.4 Å². The lowest BCUT2D eigenvalue weighted by atomic mass is 9.98. The number of hydrogen-bond donors (Lipinski definition) is 0. The zero-order valence-electron chi connectivity index (χ0n) is 14.9. The molecule has 0 aliphatic carbocycles. The molecule has 0 heterocycles. The van der Waals surface area contributed by atoms with Gasteiger partial charge in [0.05, 0.1) is 0 Å². The van der Waals surface area contributed by atoms with E-state index in [9.17, 15) is 0 Å². The average Bonchev–Trinajstić information content (AvgIpc) is 2.61. The Labute approximate surface area is 155 Å². The van der Waals surface area contributed by atoms with Crippen molar-refractivity contribution in [3.63, 3.8) is 0 Å². The van der Waals surface area contributed by atoms with Crippen LogP contribution in [0.2, 0.25) is 5.02 Å². The second-order valence-electron chi connectivity index (χ2n) is 6.68. The second kappa shape index (κ2) is 7.76. The maximum Gasteiger partial charge on any atom is 0.119 e. The van der Waals surface area contributed by atoms with Crippen LogP contribution in [0.3, 0.4) is 0 Å². The van der Waals surface area contributed by atoms with Crippen LogP contribution >= 0.6 is 11.6 Å². The summed E-state index contributed by atoms with van der Waals surface area (Å²) >= 11 is 6.02. The lowest BCUT2D eigenvalue weighted by Gasteiger charge is -2.13. The van der Waals surface area contributed by atoms with Crippen LogP contribution in [-0.4, -0.2) is 0 Å². The van der Waals surface area contributed by atoms with Gasteiger partial charge in [-0.2, -0.15) is 0 Å². The highest BCUT2D eigenvalue weighted by Crippen LogP contribution is 2.27. The number of ether oxygens (including phenoxy) is 1. The van der Waals surface area contributed by atoms with Gasteiger partial charge in [0.1, 0.15) is 12.4 Å². The molecule has 3 rings (SSSR count). The molecule has 0 radical (unpaired) electrons. The maximum atomic E-state index is 6.04. The number of halogens is 1. The molecule has 128 valence electrons. The summed E-state index contributed by atoms with van der Waals surface area (Å²) in [6.07, 6.45) is 0. The smallest absolute Gasteiger partial charge is 0.119 e. The summed E-state index contributed by atoms with van der Waals surface area (Å²) in [6, 6.07) is 22.8. The minimum atomic E-state index is 0.530. The molecule has 0 aromatic heterocycles. The fourth-order valence-electron chi connectivity index (χ4n) is 2.86. The zero-order chi connectivity index (χ0) is 17.8. The van der Waals surface area contributed by atoms with E-state index in [0.717, 1.165) is 16.3 Å². The number of aryl methyl sites for hydroxylation is 1. The Balaban J connectivity index is 1.82. The Morgan fingerprint density at radius 1 is 0.880 bits per heavy atom. The van der Waals surface area contributed by atoms with Crippen LogP contribution in [0.1, 0.15) is 36.5 Å². The van der Waals surface area contributed by atoms with Gasteiger partial charge in [-0.15, -0.1) is 0 Å². The summed E-state index contributed by atoms with van der Waals surface area (Å²) in [7, 11) is 0. The van der Waals surface area contributed by atoms with Crippen LogP contribution in [0, 0.1) is 6.92 Å². The highest BCUT2D eigenvalue weighted by atomic mass is 35.5. The second-order valence-corrected chi connectivity index (χ2v) is 7.12. The average molecular weight is 351 g/mol. The summed E-state index contributed by atoms with van der Waals surface area (Å²) in [5, 5.41) is 0.749. The van der Waals surface area contributed by atoms with Gasteiger partial charge in [0.15, 0.2) is 0 Å². The van der Waals surface area contributed by atoms with E-state index in [1.54, 1.807) is 0 Å². The van der Waals surface area contributed by atoms with Crippen molar-refractivity contribution in [3.05, 3.63) is 88.4 Å². The van der Waals surface area contributed by atoms with E-state index >= 15 is 0 Å². The van der Waals surface area contributed by atoms with Gasteiger partial charge in [-0.1, -0.05) is 73.5 Å². The van der Waals surface area contributed by atoms with Crippen molar-refractivity contribution in [3.8, 4) is 16.9 Å². The van der Waals surface area contributed by atoms with Gasteiger partial charge >= 0.3 is 0 Å². The first-order valence-corrected chi connectivity index (χ1v) is 8.99. The normalized spacial score (nSPS) is 10.9. The van der Waals surface area contributed by atoms with Crippen LogP contribution in [0.25, 0.3) is 11.1 Å². The molecule has 0 aliphatic heterocycles. The monoisotopic (exact) mass is 350 g/mol. The third kappa shape index (κ3) is 4.43. The van der Waals surface area contributed by atoms with Crippen molar-refractivity contribution in [1.29, 1.82) is 0 Å². The predicted octanol–water partition coefficient (Wildman–Crippen LogP) is 7.02. The maximum absolute atomic E-state index is 6.04. The third-order valence-corrected chi connectivity index (χ3v) is 4.61. The van der Waals surface area contributed by atoms with Crippen LogP contribution in [0.15, 0.2) is 66.7 Å². The number of hydrogen-bond acceptors (Lipinski definition) is 1. The SMILES string of the molecule is Cc1ccc(-c2ccc(Cl)cc2)c(COc2ccc(C(C)C)cc2)c1. The lowest BCUT2D eigenvalue weighted by molar-refractivity contribution is 0.306. The first kappa shape index (κ1) is 17.6. The molecule has 3 aromatic carbocycles. The van der Waals surface area contributed by atoms with Crippen molar-refractivity contribution in [2.75, 3.05) is 0 Å². The molecule has 0 N–H and O–H groups in total. The van der Waals surface area contributed by atoms with Crippen LogP contribution in [0.4, 0.5) is 0 Å². The molecule has 0 saturated carbocycles. The van der Waals surface area contributed by atoms with Crippen molar-refractivity contribution in [2.45, 2.75) is 33.3 Å². The van der Waals surface area contributed by atoms with Gasteiger partial charge in [0.2, 0.25) is 0 Å². The zero-order valence-corrected chi connectivity index (χ0v) is 15.7. The Morgan fingerprint density at radius 2 is 1.56 bits per heavy atom. The molecule has 0 spiro atoms. The first-order valence-electron chi connectivity index (χ1n) is 8.61. The highest BCUT2D eigenvalue weighted by Gasteiger charge is 2.07. The molecule has 0 aliphatic rings. The molecule has 25 heavy (non-hydrogen) atoms. The molecule has 0 bridgehead atoms. The van der Waals surface area contributed by atoms with Gasteiger partial charge in [0.25, 0.3) is 0 Å². The Bertz CT molecular complexity index is 833. The van der Waals surface area contributed by atoms with E-state index in [0.29, 0.717) is 12.5 Å². The molecule has 3 aromatic rings. The molecular weight excluding hydrogens is 328 g/mol. The first-order chi connectivity index (χ1) is 12.0. The molecular formula is C23H23ClO. The largest absolute Gasteiger partial charge is 0.489 e. The minimum Gasteiger partial charge on any atom is -0.489 e. The topological polar surface area (TPSA) is 9.23 Å². The predicted molar refractivity (Wildman–Crippen MR) is 106 cm³/mol. The van der Waals surface area contributed by atoms with E-state index in [2.05, 4.69) is 51.1 Å². The van der Waals surface area contributed by atoms with Gasteiger partial charge in [-0.25, -0.2) is 0 Å². The van der Waals surface area contributed by atoms with E-state index in [1.165, 1.54) is 22.3 Å². The third-order valence-electron chi connectivity index (χ3n) is 4.36. The summed E-state index contributed by atoms with van der Waals surface area (Å²) in [5.41, 5.74) is 6.06. The van der Waals surface area contributed by atoms with E-state index in [1.807, 2.05) is 36.4 Å². The molecule has 0 atom stereocenters. The van der Waals surface area contributed by atoms with E-state index in [-0.39, 0.29) is 0 Å². The van der Waals surface area contributed by atoms with Crippen molar-refractivity contribution in [2.24, 2.45) is 0 Å². The van der Waals surface area contributed by atoms with Crippen LogP contribution < -0.4 is 4.74 Å². The summed E-state index contributed by atoms with van der Waals surface area (Å²) in [4.78, 5) is 0. The van der Waals surface area contributed by atoms with Gasteiger partial charge in [-0.3, -0.25) is 0 Å². The van der Waals surface area contributed by atoms with E-state index < -0.39 is 0 Å². The lowest BCUT2D eigenvalue weighted by Crippen LogP contribution is -1.99. The molecule has 1 nitrogen and oxygen atoms in total. The molecule has 2 heteroatoms. The minimum absolute atomic E-state index is 0.530. The van der Waals surface area contributed by atoms with Crippen LogP contribution in [0.5, 0.6) is 5.75 Å². The molecule has 0 saturated heterocycles. The molecule has 0 fully saturated rings. The quantitative estimate of drug-likeness (QED) is 0.480. The fourth-order valence-corrected chi connectivity index (χ4v) is 2.99. The summed E-state index contributed by atoms with van der Waals surface area (Å²) in [6.45, 7) is 7.04. The molecule has 0 unspecified atom stereocenters. The number of rotatable bonds is 5. The number of benzene rings is 3. The summed E-state index contributed by atoms with van der Waals surface area (Å²) in [5.74, 6) is 1.43. The van der Waals surface area contributed by atoms with Crippen molar-refractivity contribution in [1.82, 2.24) is 0 Å². The van der Waals surface area contributed by atoms with Crippen molar-refractivity contribution < 1.29 is 4.74 Å². The van der Waals surface area contributed by atoms with Crippen molar-refractivity contribution >= 4 is 11.6 Å². The Kier molecular flexibility index (Phi) is 5.45. The molecule has 0 amide bonds. The standard InChI is InChI=1S/C23H23ClO/c1-16(2)18-7-11-22(12-8-18)25-15-20-14-17(3)4-13-23(20)19-5-9-21(24)10-6-19/h4-14,16H,15H2,1-3H3. The van der Waals surface area contributed by atoms with Gasteiger partial charge < -0.3 is 4.74 Å². The van der Waals surface area contributed by atoms with E-state index in [4.69, 9.17) is 16.3 Å². The Hall–Kier alpha value is -2.25. The highest BCUT2D eigenvalue weighted by molar-refractivity contribution is 6.30. The summed E-state index contributed by atoms with van der Waals surface area (Å²) < 4.78 is 6.04. The van der Waals surface area contributed by atoms with Crippen LogP contribution in [-0.2, 0) is 6.61 Å².